The number of nitrogens with zero attached hydrogens (tertiary/aromatic N) is 2. The minimum atomic E-state index is -0.513. The molecule has 1 aromatic carbocycles. The van der Waals surface area contributed by atoms with Crippen molar-refractivity contribution in [2.24, 2.45) is 5.92 Å². The maximum Gasteiger partial charge on any atom is 0.237 e. The van der Waals surface area contributed by atoms with Crippen LogP contribution in [0.25, 0.3) is 0 Å². The first kappa shape index (κ1) is 11.3. The third-order valence-corrected chi connectivity index (χ3v) is 2.98. The summed E-state index contributed by atoms with van der Waals surface area (Å²) in [5.74, 6) is -0.762. The number of hydrogen-bond acceptors (Lipinski definition) is 3. The largest absolute Gasteiger partial charge is 0.312 e. The fourth-order valence-electron chi connectivity index (χ4n) is 2.06. The van der Waals surface area contributed by atoms with E-state index >= 15 is 0 Å². The molecule has 1 saturated heterocycles. The van der Waals surface area contributed by atoms with E-state index in [0.717, 1.165) is 0 Å². The predicted octanol–water partition coefficient (Wildman–Crippen LogP) is 1.50. The number of nitriles is 1. The molecule has 1 aromatic rings. The van der Waals surface area contributed by atoms with Crippen LogP contribution in [0.3, 0.4) is 0 Å². The summed E-state index contributed by atoms with van der Waals surface area (Å²) in [6.45, 7) is 1.98. The molecule has 0 aromatic heterocycles. The van der Waals surface area contributed by atoms with Gasteiger partial charge in [-0.2, -0.15) is 5.26 Å². The highest BCUT2D eigenvalue weighted by molar-refractivity contribution is 6.09. The second-order valence-electron chi connectivity index (χ2n) is 4.10. The lowest BCUT2D eigenvalue weighted by Crippen LogP contribution is -2.29. The van der Waals surface area contributed by atoms with Gasteiger partial charge in [-0.3, -0.25) is 9.59 Å². The number of hydrogen-bond donors (Lipinski definition) is 0. The monoisotopic (exact) mass is 228 g/mol. The van der Waals surface area contributed by atoms with Gasteiger partial charge < -0.3 is 4.90 Å². The van der Waals surface area contributed by atoms with Gasteiger partial charge in [0, 0.05) is 12.2 Å². The van der Waals surface area contributed by atoms with Crippen molar-refractivity contribution in [1.29, 1.82) is 5.26 Å². The standard InChI is InChI=1S/C13H12N2O2/c1-9(16)12-5-6-15(13(12)17)11-4-2-3-10(7-11)8-14/h2-4,7,12H,5-6H2,1H3. The van der Waals surface area contributed by atoms with E-state index in [1.54, 1.807) is 29.2 Å². The number of anilines is 1. The van der Waals surface area contributed by atoms with Crippen molar-refractivity contribution in [1.82, 2.24) is 0 Å². The van der Waals surface area contributed by atoms with Crippen molar-refractivity contribution in [3.8, 4) is 6.07 Å². The highest BCUT2D eigenvalue weighted by atomic mass is 16.2. The summed E-state index contributed by atoms with van der Waals surface area (Å²) in [6, 6.07) is 8.91. The quantitative estimate of drug-likeness (QED) is 0.721. The van der Waals surface area contributed by atoms with Gasteiger partial charge in [-0.15, -0.1) is 0 Å². The molecule has 0 aliphatic carbocycles. The zero-order valence-corrected chi connectivity index (χ0v) is 9.51. The van der Waals surface area contributed by atoms with Crippen LogP contribution in [0, 0.1) is 17.2 Å². The molecular formula is C13H12N2O2. The van der Waals surface area contributed by atoms with Crippen LogP contribution in [-0.2, 0) is 9.59 Å². The molecule has 1 aliphatic rings. The Balaban J connectivity index is 2.28. The minimum Gasteiger partial charge on any atom is -0.312 e. The normalized spacial score (nSPS) is 19.2. The van der Waals surface area contributed by atoms with E-state index in [2.05, 4.69) is 0 Å². The van der Waals surface area contributed by atoms with Gasteiger partial charge in [-0.25, -0.2) is 0 Å². The molecule has 0 radical (unpaired) electrons. The average molecular weight is 228 g/mol. The maximum absolute atomic E-state index is 12.0. The number of amides is 1. The fourth-order valence-corrected chi connectivity index (χ4v) is 2.06. The average Bonchev–Trinajstić information content (AvgIpc) is 2.71. The maximum atomic E-state index is 12.0. The summed E-state index contributed by atoms with van der Waals surface area (Å²) in [4.78, 5) is 24.8. The van der Waals surface area contributed by atoms with Crippen molar-refractivity contribution in [2.45, 2.75) is 13.3 Å². The van der Waals surface area contributed by atoms with Crippen molar-refractivity contribution in [3.63, 3.8) is 0 Å². The van der Waals surface area contributed by atoms with Crippen LogP contribution in [0.1, 0.15) is 18.9 Å². The number of carbonyl (C=O) groups excluding carboxylic acids is 2. The molecule has 1 atom stereocenters. The Morgan fingerprint density at radius 1 is 1.53 bits per heavy atom. The van der Waals surface area contributed by atoms with Crippen LogP contribution in [0.15, 0.2) is 24.3 Å². The second-order valence-corrected chi connectivity index (χ2v) is 4.10. The Hall–Kier alpha value is -2.15. The van der Waals surface area contributed by atoms with Crippen LogP contribution in [0.4, 0.5) is 5.69 Å². The Bertz CT molecular complexity index is 516. The van der Waals surface area contributed by atoms with Gasteiger partial charge in [-0.05, 0) is 31.5 Å². The molecule has 2 rings (SSSR count). The lowest BCUT2D eigenvalue weighted by Gasteiger charge is -2.16. The second kappa shape index (κ2) is 4.38. The third kappa shape index (κ3) is 2.04. The van der Waals surface area contributed by atoms with Gasteiger partial charge in [0.15, 0.2) is 0 Å². The number of ketones is 1. The zero-order chi connectivity index (χ0) is 12.4. The molecule has 0 spiro atoms. The smallest absolute Gasteiger partial charge is 0.237 e. The molecule has 4 nitrogen and oxygen atoms in total. The van der Waals surface area contributed by atoms with Crippen molar-refractivity contribution >= 4 is 17.4 Å². The molecule has 4 heteroatoms. The van der Waals surface area contributed by atoms with E-state index in [-0.39, 0.29) is 11.7 Å². The minimum absolute atomic E-state index is 0.0889. The summed E-state index contributed by atoms with van der Waals surface area (Å²) >= 11 is 0. The molecule has 1 aliphatic heterocycles. The van der Waals surface area contributed by atoms with Crippen LogP contribution < -0.4 is 4.90 Å². The Morgan fingerprint density at radius 2 is 2.29 bits per heavy atom. The number of carbonyl (C=O) groups is 2. The van der Waals surface area contributed by atoms with Gasteiger partial charge >= 0.3 is 0 Å². The summed E-state index contributed by atoms with van der Waals surface area (Å²) in [7, 11) is 0. The molecule has 1 unspecified atom stereocenters. The lowest BCUT2D eigenvalue weighted by molar-refractivity contribution is -0.129. The van der Waals surface area contributed by atoms with E-state index in [0.29, 0.717) is 24.2 Å². The van der Waals surface area contributed by atoms with Crippen molar-refractivity contribution < 1.29 is 9.59 Å². The summed E-state index contributed by atoms with van der Waals surface area (Å²) in [5.41, 5.74) is 1.21. The molecule has 0 bridgehead atoms. The van der Waals surface area contributed by atoms with Crippen LogP contribution in [0.5, 0.6) is 0 Å². The van der Waals surface area contributed by atoms with Gasteiger partial charge in [0.25, 0.3) is 0 Å². The van der Waals surface area contributed by atoms with Gasteiger partial charge in [-0.1, -0.05) is 6.07 Å². The first-order valence-electron chi connectivity index (χ1n) is 5.45. The molecule has 0 N–H and O–H groups in total. The Kier molecular flexibility index (Phi) is 2.92. The first-order chi connectivity index (χ1) is 8.13. The molecule has 1 heterocycles. The van der Waals surface area contributed by atoms with E-state index < -0.39 is 5.92 Å². The van der Waals surface area contributed by atoms with E-state index in [1.807, 2.05) is 6.07 Å². The van der Waals surface area contributed by atoms with Crippen LogP contribution >= 0.6 is 0 Å². The summed E-state index contributed by atoms with van der Waals surface area (Å²) in [5, 5.41) is 8.80. The highest BCUT2D eigenvalue weighted by Crippen LogP contribution is 2.26. The topological polar surface area (TPSA) is 61.2 Å². The van der Waals surface area contributed by atoms with Gasteiger partial charge in [0.05, 0.1) is 17.6 Å². The molecule has 1 amide bonds. The van der Waals surface area contributed by atoms with Gasteiger partial charge in [0.1, 0.15) is 5.78 Å². The Morgan fingerprint density at radius 3 is 2.88 bits per heavy atom. The Labute approximate surface area is 99.5 Å². The predicted molar refractivity (Wildman–Crippen MR) is 62.3 cm³/mol. The molecular weight excluding hydrogens is 216 g/mol. The van der Waals surface area contributed by atoms with E-state index in [9.17, 15) is 9.59 Å². The van der Waals surface area contributed by atoms with Gasteiger partial charge in [0.2, 0.25) is 5.91 Å². The molecule has 0 saturated carbocycles. The van der Waals surface area contributed by atoms with Crippen LogP contribution in [0.2, 0.25) is 0 Å². The fraction of sp³-hybridized carbons (Fsp3) is 0.308. The molecule has 1 fully saturated rings. The molecule has 17 heavy (non-hydrogen) atoms. The van der Waals surface area contributed by atoms with E-state index in [4.69, 9.17) is 5.26 Å². The van der Waals surface area contributed by atoms with E-state index in [1.165, 1.54) is 6.92 Å². The zero-order valence-electron chi connectivity index (χ0n) is 9.51. The van der Waals surface area contributed by atoms with Crippen molar-refractivity contribution in [3.05, 3.63) is 29.8 Å². The number of benzene rings is 1. The first-order valence-corrected chi connectivity index (χ1v) is 5.45. The van der Waals surface area contributed by atoms with Crippen molar-refractivity contribution in [2.75, 3.05) is 11.4 Å². The summed E-state index contributed by atoms with van der Waals surface area (Å²) in [6.07, 6.45) is 0.560. The SMILES string of the molecule is CC(=O)C1CCN(c2cccc(C#N)c2)C1=O. The third-order valence-electron chi connectivity index (χ3n) is 2.98. The molecule has 86 valence electrons. The van der Waals surface area contributed by atoms with Crippen LogP contribution in [-0.4, -0.2) is 18.2 Å². The summed E-state index contributed by atoms with van der Waals surface area (Å²) < 4.78 is 0. The highest BCUT2D eigenvalue weighted by Gasteiger charge is 2.35. The number of rotatable bonds is 2. The lowest BCUT2D eigenvalue weighted by atomic mass is 10.0. The number of Topliss-reactive ketones (excluding diaryl/α,β-unsaturated/α-hetero) is 1.